The first-order valence-electron chi connectivity index (χ1n) is 12.0. The molecule has 2 aromatic carbocycles. The lowest BCUT2D eigenvalue weighted by Crippen LogP contribution is -2.38. The lowest BCUT2D eigenvalue weighted by atomic mass is 10.0. The fourth-order valence-corrected chi connectivity index (χ4v) is 5.13. The highest BCUT2D eigenvalue weighted by atomic mass is 32.1. The van der Waals surface area contributed by atoms with Crippen molar-refractivity contribution in [3.63, 3.8) is 0 Å². The van der Waals surface area contributed by atoms with Crippen LogP contribution in [0.4, 0.5) is 9.93 Å². The smallest absolute Gasteiger partial charge is 0.491 e. The Labute approximate surface area is 209 Å². The van der Waals surface area contributed by atoms with Crippen LogP contribution in [-0.2, 0) is 6.54 Å². The van der Waals surface area contributed by atoms with Crippen LogP contribution in [0.15, 0.2) is 36.4 Å². The summed E-state index contributed by atoms with van der Waals surface area (Å²) in [5.41, 5.74) is 1.92. The molecule has 0 radical (unpaired) electrons. The number of piperidine rings is 1. The van der Waals surface area contributed by atoms with E-state index in [1.54, 1.807) is 23.5 Å². The van der Waals surface area contributed by atoms with E-state index in [0.29, 0.717) is 6.04 Å². The molecule has 0 aliphatic carbocycles. The van der Waals surface area contributed by atoms with Crippen LogP contribution in [0.25, 0.3) is 10.2 Å². The summed E-state index contributed by atoms with van der Waals surface area (Å²) in [6.07, 6.45) is 0.921. The van der Waals surface area contributed by atoms with Gasteiger partial charge in [-0.3, -0.25) is 4.90 Å². The van der Waals surface area contributed by atoms with Crippen molar-refractivity contribution in [1.82, 2.24) is 9.88 Å². The van der Waals surface area contributed by atoms with E-state index < -0.39 is 6.16 Å². The third-order valence-electron chi connectivity index (χ3n) is 5.57. The largest absolute Gasteiger partial charge is 0.511 e. The molecule has 1 aliphatic heterocycles. The van der Waals surface area contributed by atoms with Crippen molar-refractivity contribution in [2.75, 3.05) is 18.4 Å². The van der Waals surface area contributed by atoms with E-state index in [1.165, 1.54) is 5.56 Å². The number of ether oxygens (including phenoxy) is 3. The van der Waals surface area contributed by atoms with Crippen LogP contribution in [0.2, 0.25) is 0 Å². The van der Waals surface area contributed by atoms with Gasteiger partial charge in [0.1, 0.15) is 17.2 Å². The van der Waals surface area contributed by atoms with Crippen LogP contribution in [0, 0.1) is 0 Å². The second-order valence-corrected chi connectivity index (χ2v) is 10.4. The number of rotatable bonds is 9. The minimum atomic E-state index is -1.33. The second-order valence-electron chi connectivity index (χ2n) is 9.36. The first-order chi connectivity index (χ1) is 16.7. The maximum Gasteiger partial charge on any atom is 0.511 e. The monoisotopic (exact) mass is 499 g/mol. The normalized spacial score (nSPS) is 15.0. The molecule has 3 aromatic rings. The number of aromatic nitrogens is 1. The Balaban J connectivity index is 1.34. The Hall–Kier alpha value is -3.04. The van der Waals surface area contributed by atoms with Gasteiger partial charge in [0, 0.05) is 37.8 Å². The minimum absolute atomic E-state index is 0.109. The Bertz CT molecular complexity index is 1130. The summed E-state index contributed by atoms with van der Waals surface area (Å²) in [6, 6.07) is 11.7. The number of likely N-dealkylation sites (tertiary alicyclic amines) is 1. The van der Waals surface area contributed by atoms with Crippen LogP contribution < -0.4 is 19.5 Å². The standard InChI is InChI=1S/C26H33N3O5S/c1-16(2)32-21-11-18(12-22(13-21)33-17(3)4)15-29-9-7-19(8-10-29)27-25-28-23-14-20(34-26(30)31)5-6-24(23)35-25/h5-6,11-14,16-17,19H,7-10,15H2,1-4H3,(H,27,28)(H,30,31). The average Bonchev–Trinajstić information content (AvgIpc) is 3.15. The molecule has 0 atom stereocenters. The van der Waals surface area contributed by atoms with E-state index in [2.05, 4.69) is 27.3 Å². The zero-order valence-electron chi connectivity index (χ0n) is 20.6. The molecule has 0 bridgehead atoms. The summed E-state index contributed by atoms with van der Waals surface area (Å²) < 4.78 is 17.6. The number of nitrogens with one attached hydrogen (secondary N) is 1. The molecule has 0 spiro atoms. The lowest BCUT2D eigenvalue weighted by molar-refractivity contribution is 0.144. The summed E-state index contributed by atoms with van der Waals surface area (Å²) in [7, 11) is 0. The van der Waals surface area contributed by atoms with Crippen molar-refractivity contribution in [2.45, 2.75) is 65.3 Å². The highest BCUT2D eigenvalue weighted by Crippen LogP contribution is 2.31. The molecule has 1 aromatic heterocycles. The summed E-state index contributed by atoms with van der Waals surface area (Å²) in [5.74, 6) is 1.97. The van der Waals surface area contributed by atoms with Crippen molar-refractivity contribution < 1.29 is 24.1 Å². The molecule has 0 amide bonds. The SMILES string of the molecule is CC(C)Oc1cc(CN2CCC(Nc3nc4cc(OC(=O)O)ccc4s3)CC2)cc(OC(C)C)c1. The maximum absolute atomic E-state index is 10.8. The predicted molar refractivity (Wildman–Crippen MR) is 138 cm³/mol. The van der Waals surface area contributed by atoms with Gasteiger partial charge >= 0.3 is 6.16 Å². The van der Waals surface area contributed by atoms with Gasteiger partial charge in [0.05, 0.1) is 22.4 Å². The number of hydrogen-bond acceptors (Lipinski definition) is 8. The van der Waals surface area contributed by atoms with Crippen LogP contribution in [0.1, 0.15) is 46.1 Å². The van der Waals surface area contributed by atoms with Crippen LogP contribution >= 0.6 is 11.3 Å². The van der Waals surface area contributed by atoms with E-state index in [4.69, 9.17) is 19.3 Å². The summed E-state index contributed by atoms with van der Waals surface area (Å²) >= 11 is 1.57. The summed E-state index contributed by atoms with van der Waals surface area (Å²) in [4.78, 5) is 17.8. The van der Waals surface area contributed by atoms with Gasteiger partial charge in [-0.05, 0) is 70.4 Å². The van der Waals surface area contributed by atoms with Crippen LogP contribution in [0.5, 0.6) is 17.2 Å². The zero-order chi connectivity index (χ0) is 24.9. The number of carboxylic acid groups (broad SMARTS) is 1. The third kappa shape index (κ3) is 7.22. The number of fused-ring (bicyclic) bond motifs is 1. The van der Waals surface area contributed by atoms with Crippen LogP contribution in [-0.4, -0.2) is 52.5 Å². The van der Waals surface area contributed by atoms with Gasteiger partial charge in [0.25, 0.3) is 0 Å². The van der Waals surface area contributed by atoms with E-state index in [9.17, 15) is 4.79 Å². The average molecular weight is 500 g/mol. The third-order valence-corrected chi connectivity index (χ3v) is 6.54. The molecule has 0 unspecified atom stereocenters. The van der Waals surface area contributed by atoms with Gasteiger partial charge in [0.2, 0.25) is 0 Å². The molecule has 188 valence electrons. The number of hydrogen-bond donors (Lipinski definition) is 2. The molecule has 9 heteroatoms. The number of carbonyl (C=O) groups is 1. The molecule has 4 rings (SSSR count). The first kappa shape index (κ1) is 25.1. The summed E-state index contributed by atoms with van der Waals surface area (Å²) in [6.45, 7) is 10.9. The Kier molecular flexibility index (Phi) is 7.97. The quantitative estimate of drug-likeness (QED) is 0.273. The van der Waals surface area contributed by atoms with E-state index in [1.807, 2.05) is 39.8 Å². The van der Waals surface area contributed by atoms with Gasteiger partial charge < -0.3 is 24.6 Å². The molecule has 1 saturated heterocycles. The Morgan fingerprint density at radius 2 is 1.71 bits per heavy atom. The molecule has 1 aliphatic rings. The number of thiazole rings is 1. The molecule has 1 fully saturated rings. The van der Waals surface area contributed by atoms with Crippen molar-refractivity contribution >= 4 is 32.8 Å². The van der Waals surface area contributed by atoms with Crippen molar-refractivity contribution in [2.24, 2.45) is 0 Å². The predicted octanol–water partition coefficient (Wildman–Crippen LogP) is 6.00. The molecular weight excluding hydrogens is 466 g/mol. The number of nitrogens with zero attached hydrogens (tertiary/aromatic N) is 2. The van der Waals surface area contributed by atoms with Crippen LogP contribution in [0.3, 0.4) is 0 Å². The Morgan fingerprint density at radius 3 is 2.31 bits per heavy atom. The van der Waals surface area contributed by atoms with Gasteiger partial charge in [-0.25, -0.2) is 9.78 Å². The van der Waals surface area contributed by atoms with Crippen molar-refractivity contribution in [3.8, 4) is 17.2 Å². The zero-order valence-corrected chi connectivity index (χ0v) is 21.4. The second kappa shape index (κ2) is 11.1. The fourth-order valence-electron chi connectivity index (χ4n) is 4.20. The van der Waals surface area contributed by atoms with Crippen molar-refractivity contribution in [1.29, 1.82) is 0 Å². The molecule has 8 nitrogen and oxygen atoms in total. The lowest BCUT2D eigenvalue weighted by Gasteiger charge is -2.32. The van der Waals surface area contributed by atoms with Crippen molar-refractivity contribution in [3.05, 3.63) is 42.0 Å². The van der Waals surface area contributed by atoms with E-state index in [0.717, 1.165) is 59.3 Å². The number of anilines is 1. The van der Waals surface area contributed by atoms with Gasteiger partial charge in [-0.15, -0.1) is 0 Å². The molecule has 35 heavy (non-hydrogen) atoms. The van der Waals surface area contributed by atoms with Gasteiger partial charge in [-0.2, -0.15) is 0 Å². The van der Waals surface area contributed by atoms with E-state index in [-0.39, 0.29) is 18.0 Å². The highest BCUT2D eigenvalue weighted by Gasteiger charge is 2.21. The van der Waals surface area contributed by atoms with Gasteiger partial charge in [-0.1, -0.05) is 11.3 Å². The maximum atomic E-state index is 10.8. The molecule has 0 saturated carbocycles. The Morgan fingerprint density at radius 1 is 1.06 bits per heavy atom. The number of benzene rings is 2. The fraction of sp³-hybridized carbons (Fsp3) is 0.462. The molecular formula is C26H33N3O5S. The topological polar surface area (TPSA) is 93.2 Å². The highest BCUT2D eigenvalue weighted by molar-refractivity contribution is 7.22. The summed E-state index contributed by atoms with van der Waals surface area (Å²) in [5, 5.41) is 13.2. The van der Waals surface area contributed by atoms with E-state index >= 15 is 0 Å². The molecule has 2 N–H and O–H groups in total. The minimum Gasteiger partial charge on any atom is -0.491 e. The van der Waals surface area contributed by atoms with Gasteiger partial charge in [0.15, 0.2) is 5.13 Å². The molecule has 2 heterocycles. The first-order valence-corrected chi connectivity index (χ1v) is 12.8.